The molecule has 0 spiro atoms. The summed E-state index contributed by atoms with van der Waals surface area (Å²) in [5.41, 5.74) is 3.10. The zero-order valence-corrected chi connectivity index (χ0v) is 21.4. The number of carbonyl (C=O) groups is 2. The van der Waals surface area contributed by atoms with E-state index in [1.807, 2.05) is 61.5 Å². The highest BCUT2D eigenvalue weighted by atomic mass is 35.5. The number of aryl methyl sites for hydroxylation is 1. The molecule has 0 aliphatic heterocycles. The van der Waals surface area contributed by atoms with Gasteiger partial charge in [-0.25, -0.2) is 0 Å². The summed E-state index contributed by atoms with van der Waals surface area (Å²) in [6.07, 6.45) is 4.62. The predicted molar refractivity (Wildman–Crippen MR) is 143 cm³/mol. The summed E-state index contributed by atoms with van der Waals surface area (Å²) >= 11 is 6.08. The molecule has 1 fully saturated rings. The number of nitrogens with zero attached hydrogens (tertiary/aromatic N) is 1. The Morgan fingerprint density at radius 2 is 1.69 bits per heavy atom. The molecule has 1 N–H and O–H groups in total. The van der Waals surface area contributed by atoms with Crippen LogP contribution in [-0.4, -0.2) is 35.4 Å². The van der Waals surface area contributed by atoms with Gasteiger partial charge in [-0.05, 0) is 49.1 Å². The van der Waals surface area contributed by atoms with Crippen LogP contribution in [0.3, 0.4) is 0 Å². The van der Waals surface area contributed by atoms with Crippen molar-refractivity contribution < 1.29 is 14.3 Å². The largest absolute Gasteiger partial charge is 0.484 e. The molecule has 1 aliphatic carbocycles. The predicted octanol–water partition coefficient (Wildman–Crippen LogP) is 5.73. The highest BCUT2D eigenvalue weighted by molar-refractivity contribution is 6.30. The maximum absolute atomic E-state index is 13.6. The maximum atomic E-state index is 13.6. The molecule has 1 aliphatic rings. The molecule has 0 heterocycles. The number of hydrogen-bond donors (Lipinski definition) is 1. The average molecular weight is 505 g/mol. The molecule has 4 rings (SSSR count). The lowest BCUT2D eigenvalue weighted by Crippen LogP contribution is -2.53. The van der Waals surface area contributed by atoms with Crippen LogP contribution < -0.4 is 10.1 Å². The van der Waals surface area contributed by atoms with Gasteiger partial charge in [0, 0.05) is 24.0 Å². The summed E-state index contributed by atoms with van der Waals surface area (Å²) in [5, 5.41) is 3.76. The SMILES string of the molecule is Cc1ccc(CN(C(=O)COc2cccc(Cl)c2)C(Cc2ccccc2)C(=O)NC2CCCC2)cc1. The third-order valence-corrected chi connectivity index (χ3v) is 6.84. The lowest BCUT2D eigenvalue weighted by atomic mass is 10.0. The Bertz CT molecular complexity index is 1140. The van der Waals surface area contributed by atoms with E-state index in [2.05, 4.69) is 5.32 Å². The van der Waals surface area contributed by atoms with E-state index < -0.39 is 6.04 Å². The minimum atomic E-state index is -0.662. The van der Waals surface area contributed by atoms with Crippen LogP contribution in [0.15, 0.2) is 78.9 Å². The highest BCUT2D eigenvalue weighted by Gasteiger charge is 2.32. The van der Waals surface area contributed by atoms with Gasteiger partial charge in [-0.15, -0.1) is 0 Å². The lowest BCUT2D eigenvalue weighted by molar-refractivity contribution is -0.143. The van der Waals surface area contributed by atoms with Gasteiger partial charge < -0.3 is 15.0 Å². The number of nitrogens with one attached hydrogen (secondary N) is 1. The third kappa shape index (κ3) is 7.34. The Hall–Kier alpha value is -3.31. The monoisotopic (exact) mass is 504 g/mol. The summed E-state index contributed by atoms with van der Waals surface area (Å²) in [6, 6.07) is 24.4. The first kappa shape index (κ1) is 25.8. The summed E-state index contributed by atoms with van der Waals surface area (Å²) in [6.45, 7) is 2.15. The van der Waals surface area contributed by atoms with Crippen LogP contribution in [0.5, 0.6) is 5.75 Å². The molecule has 0 saturated heterocycles. The molecular weight excluding hydrogens is 472 g/mol. The van der Waals surface area contributed by atoms with Crippen molar-refractivity contribution in [3.05, 3.63) is 101 Å². The van der Waals surface area contributed by atoms with E-state index in [9.17, 15) is 9.59 Å². The molecule has 188 valence electrons. The Labute approximate surface area is 218 Å². The zero-order valence-electron chi connectivity index (χ0n) is 20.7. The first-order valence-electron chi connectivity index (χ1n) is 12.6. The van der Waals surface area contributed by atoms with Gasteiger partial charge in [-0.3, -0.25) is 9.59 Å². The zero-order chi connectivity index (χ0) is 25.3. The van der Waals surface area contributed by atoms with Crippen LogP contribution in [0.1, 0.15) is 42.4 Å². The third-order valence-electron chi connectivity index (χ3n) is 6.60. The number of halogens is 1. The maximum Gasteiger partial charge on any atom is 0.261 e. The van der Waals surface area contributed by atoms with Crippen molar-refractivity contribution in [1.29, 1.82) is 0 Å². The smallest absolute Gasteiger partial charge is 0.261 e. The summed E-state index contributed by atoms with van der Waals surface area (Å²) in [5.74, 6) is 0.146. The molecule has 0 radical (unpaired) electrons. The van der Waals surface area contributed by atoms with Crippen molar-refractivity contribution in [2.24, 2.45) is 0 Å². The van der Waals surface area contributed by atoms with Crippen molar-refractivity contribution in [2.75, 3.05) is 6.61 Å². The van der Waals surface area contributed by atoms with Crippen molar-refractivity contribution in [2.45, 2.75) is 57.7 Å². The molecule has 36 heavy (non-hydrogen) atoms. The molecule has 3 aromatic carbocycles. The van der Waals surface area contributed by atoms with E-state index in [1.54, 1.807) is 29.2 Å². The van der Waals surface area contributed by atoms with E-state index in [-0.39, 0.29) is 24.5 Å². The highest BCUT2D eigenvalue weighted by Crippen LogP contribution is 2.21. The van der Waals surface area contributed by atoms with Gasteiger partial charge in [0.25, 0.3) is 5.91 Å². The Morgan fingerprint density at radius 1 is 0.972 bits per heavy atom. The normalized spacial score (nSPS) is 14.3. The topological polar surface area (TPSA) is 58.6 Å². The van der Waals surface area contributed by atoms with E-state index in [4.69, 9.17) is 16.3 Å². The van der Waals surface area contributed by atoms with Crippen LogP contribution in [0.4, 0.5) is 0 Å². The van der Waals surface area contributed by atoms with Gasteiger partial charge in [-0.1, -0.05) is 90.7 Å². The summed E-state index contributed by atoms with van der Waals surface area (Å²) in [7, 11) is 0. The molecule has 0 aromatic heterocycles. The first-order chi connectivity index (χ1) is 17.5. The molecule has 3 aromatic rings. The number of ether oxygens (including phenoxy) is 1. The van der Waals surface area contributed by atoms with Gasteiger partial charge in [-0.2, -0.15) is 0 Å². The Morgan fingerprint density at radius 3 is 2.39 bits per heavy atom. The number of benzene rings is 3. The summed E-state index contributed by atoms with van der Waals surface area (Å²) < 4.78 is 5.79. The minimum Gasteiger partial charge on any atom is -0.484 e. The van der Waals surface area contributed by atoms with Crippen LogP contribution in [-0.2, 0) is 22.6 Å². The number of hydrogen-bond acceptors (Lipinski definition) is 3. The van der Waals surface area contributed by atoms with Crippen LogP contribution in [0, 0.1) is 6.92 Å². The lowest BCUT2D eigenvalue weighted by Gasteiger charge is -2.32. The van der Waals surface area contributed by atoms with Gasteiger partial charge >= 0.3 is 0 Å². The molecule has 1 saturated carbocycles. The van der Waals surface area contributed by atoms with Crippen LogP contribution >= 0.6 is 11.6 Å². The van der Waals surface area contributed by atoms with Crippen molar-refractivity contribution in [1.82, 2.24) is 10.2 Å². The van der Waals surface area contributed by atoms with Gasteiger partial charge in [0.2, 0.25) is 5.91 Å². The Balaban J connectivity index is 1.60. The minimum absolute atomic E-state index is 0.117. The standard InChI is InChI=1S/C30H33ClN2O3/c1-22-14-16-24(17-15-22)20-33(29(34)21-36-27-13-7-10-25(31)19-27)28(18-23-8-3-2-4-9-23)30(35)32-26-11-5-6-12-26/h2-4,7-10,13-17,19,26,28H,5-6,11-12,18,20-21H2,1H3,(H,32,35). The molecule has 1 unspecified atom stereocenters. The molecule has 1 atom stereocenters. The van der Waals surface area contributed by atoms with Gasteiger partial charge in [0.1, 0.15) is 11.8 Å². The second-order valence-electron chi connectivity index (χ2n) is 9.45. The van der Waals surface area contributed by atoms with Gasteiger partial charge in [0.05, 0.1) is 0 Å². The fraction of sp³-hybridized carbons (Fsp3) is 0.333. The second-order valence-corrected chi connectivity index (χ2v) is 9.89. The second kappa shape index (κ2) is 12.6. The average Bonchev–Trinajstić information content (AvgIpc) is 3.39. The molecule has 0 bridgehead atoms. The number of amides is 2. The molecule has 6 heteroatoms. The molecule has 5 nitrogen and oxygen atoms in total. The number of rotatable bonds is 10. The van der Waals surface area contributed by atoms with Gasteiger partial charge in [0.15, 0.2) is 6.61 Å². The van der Waals surface area contributed by atoms with Crippen LogP contribution in [0.2, 0.25) is 5.02 Å². The molecular formula is C30H33ClN2O3. The van der Waals surface area contributed by atoms with E-state index >= 15 is 0 Å². The Kier molecular flexibility index (Phi) is 9.01. The first-order valence-corrected chi connectivity index (χ1v) is 12.9. The van der Waals surface area contributed by atoms with Crippen LogP contribution in [0.25, 0.3) is 0 Å². The number of carbonyl (C=O) groups excluding carboxylic acids is 2. The summed E-state index contributed by atoms with van der Waals surface area (Å²) in [4.78, 5) is 28.9. The van der Waals surface area contributed by atoms with E-state index in [0.717, 1.165) is 42.4 Å². The fourth-order valence-electron chi connectivity index (χ4n) is 4.60. The van der Waals surface area contributed by atoms with Crippen molar-refractivity contribution in [3.63, 3.8) is 0 Å². The van der Waals surface area contributed by atoms with Crippen molar-refractivity contribution >= 4 is 23.4 Å². The quantitative estimate of drug-likeness (QED) is 0.384. The van der Waals surface area contributed by atoms with E-state index in [1.165, 1.54) is 0 Å². The van der Waals surface area contributed by atoms with Crippen molar-refractivity contribution in [3.8, 4) is 5.75 Å². The molecule has 2 amide bonds. The van der Waals surface area contributed by atoms with E-state index in [0.29, 0.717) is 23.7 Å². The fourth-order valence-corrected chi connectivity index (χ4v) is 4.78.